The Balaban J connectivity index is 0.00000176. The zero-order valence-electron chi connectivity index (χ0n) is 22.7. The number of ether oxygens (including phenoxy) is 1. The largest absolute Gasteiger partial charge is 0.444 e. The topological polar surface area (TPSA) is 82.2 Å². The number of carbonyl (C=O) groups excluding carboxylic acids is 3. The highest BCUT2D eigenvalue weighted by Crippen LogP contribution is 2.29. The van der Waals surface area contributed by atoms with Crippen LogP contribution in [0.1, 0.15) is 71.8 Å². The van der Waals surface area contributed by atoms with E-state index in [4.69, 9.17) is 4.74 Å². The van der Waals surface area contributed by atoms with Crippen molar-refractivity contribution < 1.29 is 19.1 Å². The summed E-state index contributed by atoms with van der Waals surface area (Å²) in [6.45, 7) is 16.1. The van der Waals surface area contributed by atoms with E-state index in [0.717, 1.165) is 64.2 Å². The van der Waals surface area contributed by atoms with E-state index in [1.807, 2.05) is 51.7 Å². The number of imide groups is 1. The Kier molecular flexibility index (Phi) is 9.77. The number of benzene rings is 1. The molecule has 8 nitrogen and oxygen atoms in total. The van der Waals surface area contributed by atoms with Crippen molar-refractivity contribution in [1.29, 1.82) is 0 Å². The molecule has 0 bridgehead atoms. The van der Waals surface area contributed by atoms with Crippen LogP contribution in [0, 0.1) is 5.92 Å². The first-order valence-corrected chi connectivity index (χ1v) is 13.6. The highest BCUT2D eigenvalue weighted by atomic mass is 16.6. The fourth-order valence-corrected chi connectivity index (χ4v) is 5.11. The second kappa shape index (κ2) is 12.6. The first-order valence-electron chi connectivity index (χ1n) is 13.6. The van der Waals surface area contributed by atoms with Gasteiger partial charge >= 0.3 is 6.09 Å². The van der Waals surface area contributed by atoms with Crippen LogP contribution in [0.25, 0.3) is 0 Å². The highest BCUT2D eigenvalue weighted by Gasteiger charge is 2.29. The van der Waals surface area contributed by atoms with Gasteiger partial charge < -0.3 is 14.5 Å². The van der Waals surface area contributed by atoms with E-state index in [1.165, 1.54) is 5.69 Å². The molecule has 1 atom stereocenters. The second-order valence-corrected chi connectivity index (χ2v) is 10.8. The maximum Gasteiger partial charge on any atom is 0.410 e. The Morgan fingerprint density at radius 1 is 0.944 bits per heavy atom. The molecule has 3 aliphatic heterocycles. The van der Waals surface area contributed by atoms with Gasteiger partial charge in [-0.2, -0.15) is 0 Å². The molecule has 8 heteroatoms. The van der Waals surface area contributed by atoms with Crippen LogP contribution in [-0.2, 0) is 14.3 Å². The number of hydrogen-bond donors (Lipinski definition) is 1. The van der Waals surface area contributed by atoms with Crippen LogP contribution < -0.4 is 10.2 Å². The number of hydrogen-bond acceptors (Lipinski definition) is 6. The number of nitrogens with one attached hydrogen (secondary N) is 1. The fourth-order valence-electron chi connectivity index (χ4n) is 5.11. The van der Waals surface area contributed by atoms with Crippen molar-refractivity contribution in [1.82, 2.24) is 15.1 Å². The molecule has 36 heavy (non-hydrogen) atoms. The molecule has 1 aromatic carbocycles. The van der Waals surface area contributed by atoms with E-state index in [-0.39, 0.29) is 23.8 Å². The Morgan fingerprint density at radius 2 is 1.56 bits per heavy atom. The molecule has 200 valence electrons. The lowest BCUT2D eigenvalue weighted by molar-refractivity contribution is -0.134. The molecule has 3 fully saturated rings. The van der Waals surface area contributed by atoms with Crippen LogP contribution in [0.5, 0.6) is 0 Å². The lowest BCUT2D eigenvalue weighted by Crippen LogP contribution is -2.51. The SMILES string of the molecule is CC.CC(C)(C)OC(=O)N1CCN(CC2CCN(c3ccc(C4CCC(=O)NC4=O)cc3)CC2)CC1. The summed E-state index contributed by atoms with van der Waals surface area (Å²) in [6.07, 6.45) is 3.09. The lowest BCUT2D eigenvalue weighted by atomic mass is 9.90. The van der Waals surface area contributed by atoms with Crippen LogP contribution in [0.3, 0.4) is 0 Å². The summed E-state index contributed by atoms with van der Waals surface area (Å²) in [5, 5.41) is 2.44. The molecule has 0 aliphatic carbocycles. The monoisotopic (exact) mass is 500 g/mol. The van der Waals surface area contributed by atoms with Gasteiger partial charge in [0.25, 0.3) is 0 Å². The van der Waals surface area contributed by atoms with Crippen LogP contribution in [0.2, 0.25) is 0 Å². The van der Waals surface area contributed by atoms with Crippen LogP contribution in [0.4, 0.5) is 10.5 Å². The van der Waals surface area contributed by atoms with Gasteiger partial charge in [-0.05, 0) is 63.6 Å². The average molecular weight is 501 g/mol. The van der Waals surface area contributed by atoms with Crippen molar-refractivity contribution in [3.05, 3.63) is 29.8 Å². The third-order valence-electron chi connectivity index (χ3n) is 7.05. The van der Waals surface area contributed by atoms with Crippen molar-refractivity contribution in [3.8, 4) is 0 Å². The number of carbonyl (C=O) groups is 3. The van der Waals surface area contributed by atoms with Gasteiger partial charge in [-0.1, -0.05) is 26.0 Å². The van der Waals surface area contributed by atoms with E-state index < -0.39 is 5.60 Å². The molecule has 1 aromatic rings. The minimum Gasteiger partial charge on any atom is -0.444 e. The molecule has 0 aromatic heterocycles. The molecule has 3 aliphatic rings. The van der Waals surface area contributed by atoms with Crippen molar-refractivity contribution in [2.45, 2.75) is 71.8 Å². The van der Waals surface area contributed by atoms with Crippen LogP contribution >= 0.6 is 0 Å². The number of rotatable bonds is 4. The Morgan fingerprint density at radius 3 is 2.11 bits per heavy atom. The zero-order valence-corrected chi connectivity index (χ0v) is 22.7. The number of nitrogens with zero attached hydrogens (tertiary/aromatic N) is 3. The fraction of sp³-hybridized carbons (Fsp3) is 0.679. The summed E-state index contributed by atoms with van der Waals surface area (Å²) in [5.41, 5.74) is 1.72. The number of piperazine rings is 1. The summed E-state index contributed by atoms with van der Waals surface area (Å²) in [5.74, 6) is 0.0859. The second-order valence-electron chi connectivity index (χ2n) is 10.8. The van der Waals surface area contributed by atoms with Crippen LogP contribution in [-0.4, -0.2) is 79.1 Å². The van der Waals surface area contributed by atoms with Crippen molar-refractivity contribution in [2.24, 2.45) is 5.92 Å². The molecular weight excluding hydrogens is 456 g/mol. The average Bonchev–Trinajstić information content (AvgIpc) is 2.85. The first-order chi connectivity index (χ1) is 17.2. The molecule has 0 saturated carbocycles. The third-order valence-corrected chi connectivity index (χ3v) is 7.05. The quantitative estimate of drug-likeness (QED) is 0.630. The van der Waals surface area contributed by atoms with Crippen molar-refractivity contribution in [3.63, 3.8) is 0 Å². The maximum atomic E-state index is 12.3. The predicted molar refractivity (Wildman–Crippen MR) is 142 cm³/mol. The third kappa shape index (κ3) is 7.69. The molecule has 3 saturated heterocycles. The van der Waals surface area contributed by atoms with Crippen molar-refractivity contribution in [2.75, 3.05) is 50.7 Å². The maximum absolute atomic E-state index is 12.3. The number of amides is 3. The van der Waals surface area contributed by atoms with Crippen LogP contribution in [0.15, 0.2) is 24.3 Å². The minimum absolute atomic E-state index is 0.175. The molecule has 4 rings (SSSR count). The smallest absolute Gasteiger partial charge is 0.410 e. The Labute approximate surface area is 216 Å². The molecule has 1 unspecified atom stereocenters. The van der Waals surface area contributed by atoms with E-state index in [1.54, 1.807) is 0 Å². The number of anilines is 1. The summed E-state index contributed by atoms with van der Waals surface area (Å²) >= 11 is 0. The van der Waals surface area contributed by atoms with Gasteiger partial charge in [-0.25, -0.2) is 4.79 Å². The molecule has 3 heterocycles. The minimum atomic E-state index is -0.451. The van der Waals surface area contributed by atoms with Gasteiger partial charge in [-0.3, -0.25) is 19.8 Å². The lowest BCUT2D eigenvalue weighted by Gasteiger charge is -2.39. The predicted octanol–water partition coefficient (Wildman–Crippen LogP) is 4.00. The van der Waals surface area contributed by atoms with E-state index in [9.17, 15) is 14.4 Å². The Hall–Kier alpha value is -2.61. The van der Waals surface area contributed by atoms with E-state index in [2.05, 4.69) is 27.2 Å². The first kappa shape index (κ1) is 28.0. The van der Waals surface area contributed by atoms with Crippen molar-refractivity contribution >= 4 is 23.6 Å². The standard InChI is InChI=1S/C26H38N4O4.C2H6/c1-26(2,3)34-25(33)30-16-14-28(15-17-30)18-19-10-12-29(13-11-19)21-6-4-20(5-7-21)22-8-9-23(31)27-24(22)32;1-2/h4-7,19,22H,8-18H2,1-3H3,(H,27,31,32);1-2H3. The van der Waals surface area contributed by atoms with Gasteiger partial charge in [-0.15, -0.1) is 0 Å². The summed E-state index contributed by atoms with van der Waals surface area (Å²) in [7, 11) is 0. The summed E-state index contributed by atoms with van der Waals surface area (Å²) in [4.78, 5) is 42.5. The Bertz CT molecular complexity index is 880. The highest BCUT2D eigenvalue weighted by molar-refractivity contribution is 6.00. The molecule has 3 amide bonds. The van der Waals surface area contributed by atoms with Gasteiger partial charge in [0.2, 0.25) is 11.8 Å². The van der Waals surface area contributed by atoms with E-state index in [0.29, 0.717) is 18.8 Å². The zero-order chi connectivity index (χ0) is 26.3. The molecular formula is C28H44N4O4. The summed E-state index contributed by atoms with van der Waals surface area (Å²) < 4.78 is 5.50. The van der Waals surface area contributed by atoms with Gasteiger partial charge in [0.15, 0.2) is 0 Å². The summed E-state index contributed by atoms with van der Waals surface area (Å²) in [6, 6.07) is 8.28. The van der Waals surface area contributed by atoms with Gasteiger partial charge in [0.1, 0.15) is 5.60 Å². The normalized spacial score (nSPS) is 22.0. The van der Waals surface area contributed by atoms with Gasteiger partial charge in [0.05, 0.1) is 5.92 Å². The number of piperidine rings is 2. The molecule has 0 radical (unpaired) electrons. The molecule has 1 N–H and O–H groups in total. The van der Waals surface area contributed by atoms with E-state index >= 15 is 0 Å². The molecule has 0 spiro atoms. The van der Waals surface area contributed by atoms with Gasteiger partial charge in [0, 0.05) is 57.9 Å².